The van der Waals surface area contributed by atoms with Gasteiger partial charge in [-0.05, 0) is 37.9 Å². The van der Waals surface area contributed by atoms with E-state index >= 15 is 0 Å². The van der Waals surface area contributed by atoms with Crippen LogP contribution in [0.3, 0.4) is 0 Å². The van der Waals surface area contributed by atoms with E-state index in [9.17, 15) is 9.59 Å². The Morgan fingerprint density at radius 3 is 2.63 bits per heavy atom. The molecule has 8 heteroatoms. The van der Waals surface area contributed by atoms with Gasteiger partial charge >= 0.3 is 0 Å². The Morgan fingerprint density at radius 2 is 1.89 bits per heavy atom. The number of hydrogen-bond donors (Lipinski definition) is 1. The standard InChI is InChI=1S/C19H20ClN5O2/c1-24(2)17(13-7-3-5-9-15(13)20)11-21-18(26)12-25-19(27)14-8-4-6-10-16(14)22-23-25/h3-10,17H,11-12H2,1-2H3,(H,21,26). The molecule has 2 aromatic carbocycles. The van der Waals surface area contributed by atoms with Gasteiger partial charge < -0.3 is 10.2 Å². The maximum Gasteiger partial charge on any atom is 0.278 e. The lowest BCUT2D eigenvalue weighted by molar-refractivity contribution is -0.122. The Morgan fingerprint density at radius 1 is 1.19 bits per heavy atom. The fourth-order valence-electron chi connectivity index (χ4n) is 2.85. The van der Waals surface area contributed by atoms with Crippen molar-refractivity contribution in [2.75, 3.05) is 20.6 Å². The summed E-state index contributed by atoms with van der Waals surface area (Å²) in [6, 6.07) is 14.3. The lowest BCUT2D eigenvalue weighted by Crippen LogP contribution is -2.38. The van der Waals surface area contributed by atoms with Gasteiger partial charge in [0, 0.05) is 11.6 Å². The van der Waals surface area contributed by atoms with Crippen LogP contribution in [0.15, 0.2) is 53.3 Å². The van der Waals surface area contributed by atoms with Crippen molar-refractivity contribution in [3.05, 3.63) is 69.5 Å². The molecule has 1 aromatic heterocycles. The third-order valence-corrected chi connectivity index (χ3v) is 4.65. The van der Waals surface area contributed by atoms with Crippen LogP contribution in [0.4, 0.5) is 0 Å². The number of likely N-dealkylation sites (N-methyl/N-ethyl adjacent to an activating group) is 1. The van der Waals surface area contributed by atoms with Crippen LogP contribution in [0.5, 0.6) is 0 Å². The average molecular weight is 386 g/mol. The summed E-state index contributed by atoms with van der Waals surface area (Å²) in [6.45, 7) is 0.157. The number of nitrogens with one attached hydrogen (secondary N) is 1. The molecule has 140 valence electrons. The van der Waals surface area contributed by atoms with Gasteiger partial charge in [-0.25, -0.2) is 4.68 Å². The number of nitrogens with zero attached hydrogens (tertiary/aromatic N) is 4. The Kier molecular flexibility index (Phi) is 5.83. The van der Waals surface area contributed by atoms with Gasteiger partial charge in [0.25, 0.3) is 5.56 Å². The summed E-state index contributed by atoms with van der Waals surface area (Å²) >= 11 is 6.28. The second kappa shape index (κ2) is 8.28. The molecule has 0 spiro atoms. The normalized spacial score (nSPS) is 12.3. The first-order valence-corrected chi connectivity index (χ1v) is 8.85. The summed E-state index contributed by atoms with van der Waals surface area (Å²) in [6.07, 6.45) is 0. The molecule has 0 saturated heterocycles. The highest BCUT2D eigenvalue weighted by atomic mass is 35.5. The average Bonchev–Trinajstić information content (AvgIpc) is 2.65. The van der Waals surface area contributed by atoms with E-state index in [0.29, 0.717) is 22.5 Å². The number of amides is 1. The molecule has 0 aliphatic heterocycles. The third kappa shape index (κ3) is 4.32. The van der Waals surface area contributed by atoms with Gasteiger partial charge in [-0.15, -0.1) is 5.10 Å². The van der Waals surface area contributed by atoms with Gasteiger partial charge in [0.2, 0.25) is 5.91 Å². The monoisotopic (exact) mass is 385 g/mol. The molecule has 1 N–H and O–H groups in total. The molecule has 7 nitrogen and oxygen atoms in total. The molecule has 1 unspecified atom stereocenters. The minimum atomic E-state index is -0.342. The molecule has 0 saturated carbocycles. The number of rotatable bonds is 6. The number of halogens is 1. The Bertz CT molecular complexity index is 1020. The van der Waals surface area contributed by atoms with Crippen molar-refractivity contribution >= 4 is 28.4 Å². The number of carbonyl (C=O) groups is 1. The molecule has 0 aliphatic rings. The highest BCUT2D eigenvalue weighted by molar-refractivity contribution is 6.31. The Labute approximate surface area is 161 Å². The minimum Gasteiger partial charge on any atom is -0.353 e. The molecular weight excluding hydrogens is 366 g/mol. The molecule has 27 heavy (non-hydrogen) atoms. The van der Waals surface area contributed by atoms with E-state index in [1.165, 1.54) is 0 Å². The molecule has 1 heterocycles. The van der Waals surface area contributed by atoms with Crippen molar-refractivity contribution < 1.29 is 4.79 Å². The predicted molar refractivity (Wildman–Crippen MR) is 105 cm³/mol. The van der Waals surface area contributed by atoms with Gasteiger partial charge in [0.05, 0.1) is 11.4 Å². The predicted octanol–water partition coefficient (Wildman–Crippen LogP) is 1.86. The van der Waals surface area contributed by atoms with Crippen molar-refractivity contribution in [1.29, 1.82) is 0 Å². The highest BCUT2D eigenvalue weighted by Crippen LogP contribution is 2.25. The van der Waals surface area contributed by atoms with Crippen LogP contribution < -0.4 is 10.9 Å². The maximum atomic E-state index is 12.4. The minimum absolute atomic E-state index is 0.0953. The SMILES string of the molecule is CN(C)C(CNC(=O)Cn1nnc2ccccc2c1=O)c1ccccc1Cl. The summed E-state index contributed by atoms with van der Waals surface area (Å²) in [7, 11) is 3.83. The van der Waals surface area contributed by atoms with E-state index in [2.05, 4.69) is 15.6 Å². The summed E-state index contributed by atoms with van der Waals surface area (Å²) < 4.78 is 1.07. The van der Waals surface area contributed by atoms with Crippen LogP contribution in [-0.2, 0) is 11.3 Å². The fourth-order valence-corrected chi connectivity index (χ4v) is 3.11. The van der Waals surface area contributed by atoms with Gasteiger partial charge in [-0.2, -0.15) is 0 Å². The summed E-state index contributed by atoms with van der Waals surface area (Å²) in [4.78, 5) is 26.8. The molecule has 0 aliphatic carbocycles. The molecular formula is C19H20ClN5O2. The smallest absolute Gasteiger partial charge is 0.278 e. The third-order valence-electron chi connectivity index (χ3n) is 4.30. The van der Waals surface area contributed by atoms with Crippen molar-refractivity contribution in [2.45, 2.75) is 12.6 Å². The van der Waals surface area contributed by atoms with E-state index in [-0.39, 0.29) is 24.1 Å². The summed E-state index contributed by atoms with van der Waals surface area (Å²) in [5.41, 5.74) is 1.09. The maximum absolute atomic E-state index is 12.4. The van der Waals surface area contributed by atoms with Gasteiger partial charge in [0.15, 0.2) is 0 Å². The molecule has 3 rings (SSSR count). The Hall–Kier alpha value is -2.77. The number of fused-ring (bicyclic) bond motifs is 1. The fraction of sp³-hybridized carbons (Fsp3) is 0.263. The van der Waals surface area contributed by atoms with Crippen LogP contribution in [0.2, 0.25) is 5.02 Å². The zero-order valence-corrected chi connectivity index (χ0v) is 15.8. The number of hydrogen-bond acceptors (Lipinski definition) is 5. The number of benzene rings is 2. The molecule has 0 bridgehead atoms. The van der Waals surface area contributed by atoms with Crippen LogP contribution in [0, 0.1) is 0 Å². The first-order valence-electron chi connectivity index (χ1n) is 8.47. The lowest BCUT2D eigenvalue weighted by Gasteiger charge is -2.26. The molecule has 3 aromatic rings. The second-order valence-electron chi connectivity index (χ2n) is 6.37. The molecule has 1 atom stereocenters. The van der Waals surface area contributed by atoms with E-state index in [4.69, 9.17) is 11.6 Å². The van der Waals surface area contributed by atoms with E-state index in [1.807, 2.05) is 43.3 Å². The van der Waals surface area contributed by atoms with Crippen LogP contribution in [0.25, 0.3) is 10.9 Å². The van der Waals surface area contributed by atoms with Crippen molar-refractivity contribution in [1.82, 2.24) is 25.2 Å². The number of carbonyl (C=O) groups excluding carboxylic acids is 1. The largest absolute Gasteiger partial charge is 0.353 e. The van der Waals surface area contributed by atoms with Crippen molar-refractivity contribution in [3.63, 3.8) is 0 Å². The first-order chi connectivity index (χ1) is 13.0. The first kappa shape index (κ1) is 19.0. The molecule has 0 fully saturated rings. The van der Waals surface area contributed by atoms with Crippen molar-refractivity contribution in [3.8, 4) is 0 Å². The molecule has 0 radical (unpaired) electrons. The lowest BCUT2D eigenvalue weighted by atomic mass is 10.1. The van der Waals surface area contributed by atoms with Crippen LogP contribution in [-0.4, -0.2) is 46.4 Å². The van der Waals surface area contributed by atoms with Crippen LogP contribution in [0.1, 0.15) is 11.6 Å². The van der Waals surface area contributed by atoms with Crippen molar-refractivity contribution in [2.24, 2.45) is 0 Å². The van der Waals surface area contributed by atoms with E-state index in [1.54, 1.807) is 24.3 Å². The Balaban J connectivity index is 1.71. The van der Waals surface area contributed by atoms with Gasteiger partial charge in [0.1, 0.15) is 12.1 Å². The van der Waals surface area contributed by atoms with Crippen LogP contribution >= 0.6 is 11.6 Å². The van der Waals surface area contributed by atoms with E-state index in [0.717, 1.165) is 10.2 Å². The molecule has 1 amide bonds. The van der Waals surface area contributed by atoms with Gasteiger partial charge in [-0.1, -0.05) is 47.1 Å². The van der Waals surface area contributed by atoms with Gasteiger partial charge in [-0.3, -0.25) is 9.59 Å². The summed E-state index contributed by atoms with van der Waals surface area (Å²) in [5.74, 6) is -0.319. The quantitative estimate of drug-likeness (QED) is 0.700. The highest BCUT2D eigenvalue weighted by Gasteiger charge is 2.18. The van der Waals surface area contributed by atoms with E-state index < -0.39 is 0 Å². The second-order valence-corrected chi connectivity index (χ2v) is 6.78. The zero-order chi connectivity index (χ0) is 19.4. The number of aromatic nitrogens is 3. The zero-order valence-electron chi connectivity index (χ0n) is 15.1. The topological polar surface area (TPSA) is 80.1 Å². The summed E-state index contributed by atoms with van der Waals surface area (Å²) in [5, 5.41) is 11.7.